The van der Waals surface area contributed by atoms with Gasteiger partial charge in [-0.3, -0.25) is 14.5 Å². The maximum Gasteiger partial charge on any atom is 0.296 e. The third-order valence-electron chi connectivity index (χ3n) is 6.22. The second-order valence-electron chi connectivity index (χ2n) is 9.01. The molecule has 1 N–H and O–H groups in total. The molecule has 4 aromatic rings. The Balaban J connectivity index is 1.52. The van der Waals surface area contributed by atoms with E-state index in [1.165, 1.54) is 44.9 Å². The quantitative estimate of drug-likeness (QED) is 0.0802. The van der Waals surface area contributed by atoms with Gasteiger partial charge in [-0.15, -0.1) is 21.5 Å². The Bertz CT molecular complexity index is 1600. The van der Waals surface area contributed by atoms with E-state index in [0.717, 1.165) is 5.56 Å². The number of ether oxygens (including phenoxy) is 2. The molecular weight excluding hydrogens is 579 g/mol. The number of anilines is 1. The number of rotatable bonds is 12. The van der Waals surface area contributed by atoms with Crippen LogP contribution in [0.1, 0.15) is 39.3 Å². The average Bonchev–Trinajstić information content (AvgIpc) is 3.73. The Morgan fingerprint density at radius 1 is 1.15 bits per heavy atom. The Labute approximate surface area is 250 Å². The van der Waals surface area contributed by atoms with Crippen molar-refractivity contribution < 1.29 is 24.2 Å². The van der Waals surface area contributed by atoms with E-state index in [1.807, 2.05) is 13.8 Å². The van der Waals surface area contributed by atoms with Crippen LogP contribution in [-0.4, -0.2) is 40.2 Å². The molecule has 1 atom stereocenters. The SMILES string of the molecule is C=CCOc1ccc(C2C(C(=O)c3cccs3)=C(O)C(=O)N2c2nnc(SCc3ccc(C)cc3)s2)cc1OCC. The first-order valence-corrected chi connectivity index (χ1v) is 15.5. The third kappa shape index (κ3) is 6.07. The predicted molar refractivity (Wildman–Crippen MR) is 162 cm³/mol. The minimum atomic E-state index is -0.951. The molecule has 210 valence electrons. The first-order chi connectivity index (χ1) is 19.9. The van der Waals surface area contributed by atoms with Crippen LogP contribution >= 0.6 is 34.4 Å². The summed E-state index contributed by atoms with van der Waals surface area (Å²) in [4.78, 5) is 28.9. The van der Waals surface area contributed by atoms with Gasteiger partial charge in [0.1, 0.15) is 6.61 Å². The van der Waals surface area contributed by atoms with Gasteiger partial charge in [-0.05, 0) is 48.6 Å². The zero-order chi connectivity index (χ0) is 28.9. The fourth-order valence-corrected chi connectivity index (χ4v) is 6.81. The van der Waals surface area contributed by atoms with Crippen molar-refractivity contribution in [3.05, 3.63) is 106 Å². The van der Waals surface area contributed by atoms with Gasteiger partial charge in [-0.25, -0.2) is 0 Å². The molecule has 2 aromatic carbocycles. The smallest absolute Gasteiger partial charge is 0.296 e. The molecule has 1 amide bonds. The van der Waals surface area contributed by atoms with Crippen LogP contribution in [0.2, 0.25) is 0 Å². The minimum Gasteiger partial charge on any atom is -0.503 e. The number of aliphatic hydroxyl groups is 1. The summed E-state index contributed by atoms with van der Waals surface area (Å²) in [5.41, 5.74) is 2.85. The first-order valence-electron chi connectivity index (χ1n) is 12.8. The number of hydrogen-bond donors (Lipinski definition) is 1. The van der Waals surface area contributed by atoms with E-state index in [-0.39, 0.29) is 17.3 Å². The molecule has 3 heterocycles. The minimum absolute atomic E-state index is 0.0243. The number of carbonyl (C=O) groups excluding carboxylic acids is 2. The number of carbonyl (C=O) groups is 2. The van der Waals surface area contributed by atoms with Gasteiger partial charge in [0.15, 0.2) is 21.6 Å². The number of thioether (sulfide) groups is 1. The molecule has 1 aliphatic heterocycles. The predicted octanol–water partition coefficient (Wildman–Crippen LogP) is 6.95. The number of amides is 1. The Morgan fingerprint density at radius 2 is 1.95 bits per heavy atom. The largest absolute Gasteiger partial charge is 0.503 e. The zero-order valence-corrected chi connectivity index (χ0v) is 24.9. The van der Waals surface area contributed by atoms with Crippen LogP contribution in [0.5, 0.6) is 11.5 Å². The van der Waals surface area contributed by atoms with Crippen molar-refractivity contribution in [2.75, 3.05) is 18.1 Å². The van der Waals surface area contributed by atoms with Crippen LogP contribution < -0.4 is 14.4 Å². The van der Waals surface area contributed by atoms with Crippen LogP contribution in [0.4, 0.5) is 5.13 Å². The van der Waals surface area contributed by atoms with E-state index in [4.69, 9.17) is 9.47 Å². The summed E-state index contributed by atoms with van der Waals surface area (Å²) in [5.74, 6) is -0.131. The summed E-state index contributed by atoms with van der Waals surface area (Å²) in [7, 11) is 0. The molecule has 8 nitrogen and oxygen atoms in total. The van der Waals surface area contributed by atoms with Gasteiger partial charge in [-0.2, -0.15) is 0 Å². The molecule has 0 saturated heterocycles. The zero-order valence-electron chi connectivity index (χ0n) is 22.4. The molecule has 0 spiro atoms. The van der Waals surface area contributed by atoms with E-state index in [0.29, 0.717) is 38.6 Å². The van der Waals surface area contributed by atoms with Crippen molar-refractivity contribution >= 4 is 51.3 Å². The molecule has 1 unspecified atom stereocenters. The molecule has 1 aliphatic rings. The van der Waals surface area contributed by atoms with Crippen molar-refractivity contribution in [2.45, 2.75) is 30.0 Å². The number of thiophene rings is 1. The van der Waals surface area contributed by atoms with Crippen LogP contribution in [-0.2, 0) is 10.5 Å². The van der Waals surface area contributed by atoms with Crippen LogP contribution in [0, 0.1) is 6.92 Å². The molecule has 41 heavy (non-hydrogen) atoms. The van der Waals surface area contributed by atoms with Crippen LogP contribution in [0.3, 0.4) is 0 Å². The van der Waals surface area contributed by atoms with Crippen molar-refractivity contribution in [1.29, 1.82) is 0 Å². The summed E-state index contributed by atoms with van der Waals surface area (Å²) >= 11 is 3.97. The van der Waals surface area contributed by atoms with Crippen molar-refractivity contribution in [1.82, 2.24) is 10.2 Å². The molecular formula is C30H27N3O5S3. The molecule has 5 rings (SSSR count). The highest BCUT2D eigenvalue weighted by molar-refractivity contribution is 8.00. The molecule has 0 saturated carbocycles. The Kier molecular flexibility index (Phi) is 8.87. The number of aromatic nitrogens is 2. The van der Waals surface area contributed by atoms with Crippen molar-refractivity contribution in [3.63, 3.8) is 0 Å². The summed E-state index contributed by atoms with van der Waals surface area (Å²) in [6.07, 6.45) is 1.63. The van der Waals surface area contributed by atoms with Gasteiger partial charge in [0, 0.05) is 5.75 Å². The number of hydrogen-bond acceptors (Lipinski definition) is 10. The number of Topliss-reactive ketones (excluding diaryl/α,β-unsaturated/α-hetero) is 1. The van der Waals surface area contributed by atoms with E-state index in [9.17, 15) is 14.7 Å². The number of benzene rings is 2. The monoisotopic (exact) mass is 605 g/mol. The summed E-state index contributed by atoms with van der Waals surface area (Å²) in [6.45, 7) is 8.24. The Hall–Kier alpha value is -3.93. The fourth-order valence-electron chi connectivity index (χ4n) is 4.31. The molecule has 2 aromatic heterocycles. The maximum atomic E-state index is 13.6. The highest BCUT2D eigenvalue weighted by atomic mass is 32.2. The summed E-state index contributed by atoms with van der Waals surface area (Å²) < 4.78 is 12.2. The van der Waals surface area contributed by atoms with E-state index in [1.54, 1.807) is 41.8 Å². The topological polar surface area (TPSA) is 102 Å². The fraction of sp³-hybridized carbons (Fsp3) is 0.200. The van der Waals surface area contributed by atoms with E-state index >= 15 is 0 Å². The molecule has 0 bridgehead atoms. The highest BCUT2D eigenvalue weighted by Gasteiger charge is 2.46. The number of ketones is 1. The van der Waals surface area contributed by atoms with Gasteiger partial charge in [0.2, 0.25) is 10.9 Å². The van der Waals surface area contributed by atoms with Crippen molar-refractivity contribution in [3.8, 4) is 11.5 Å². The van der Waals surface area contributed by atoms with Gasteiger partial charge >= 0.3 is 0 Å². The summed E-state index contributed by atoms with van der Waals surface area (Å²) in [6, 6.07) is 15.9. The standard InChI is InChI=1S/C30H27N3O5S3/c1-4-14-38-21-13-12-20(16-22(21)37-5-2)25-24(26(34)23-7-6-15-39-23)27(35)28(36)33(25)29-31-32-30(41-29)40-17-19-10-8-18(3)9-11-19/h4,6-13,15-16,25,35H,1,5,14,17H2,2-3H3. The lowest BCUT2D eigenvalue weighted by Crippen LogP contribution is -2.31. The molecule has 0 radical (unpaired) electrons. The second kappa shape index (κ2) is 12.7. The molecule has 11 heteroatoms. The summed E-state index contributed by atoms with van der Waals surface area (Å²) in [5, 5.41) is 21.7. The number of aliphatic hydroxyl groups excluding tert-OH is 1. The van der Waals surface area contributed by atoms with Crippen LogP contribution in [0.25, 0.3) is 0 Å². The van der Waals surface area contributed by atoms with Gasteiger partial charge < -0.3 is 14.6 Å². The van der Waals surface area contributed by atoms with E-state index in [2.05, 4.69) is 41.0 Å². The average molecular weight is 606 g/mol. The van der Waals surface area contributed by atoms with E-state index < -0.39 is 23.5 Å². The number of nitrogens with zero attached hydrogens (tertiary/aromatic N) is 3. The van der Waals surface area contributed by atoms with Gasteiger partial charge in [-0.1, -0.05) is 77.7 Å². The lowest BCUT2D eigenvalue weighted by Gasteiger charge is -2.25. The second-order valence-corrected chi connectivity index (χ2v) is 12.1. The van der Waals surface area contributed by atoms with Crippen LogP contribution in [0.15, 0.2) is 88.3 Å². The first kappa shape index (κ1) is 28.6. The maximum absolute atomic E-state index is 13.6. The lowest BCUT2D eigenvalue weighted by molar-refractivity contribution is -0.117. The molecule has 0 fully saturated rings. The normalized spacial score (nSPS) is 14.9. The Morgan fingerprint density at radius 3 is 2.66 bits per heavy atom. The number of aryl methyl sites for hydroxylation is 1. The molecule has 0 aliphatic carbocycles. The highest BCUT2D eigenvalue weighted by Crippen LogP contribution is 2.45. The lowest BCUT2D eigenvalue weighted by atomic mass is 9.95. The van der Waals surface area contributed by atoms with Crippen molar-refractivity contribution in [2.24, 2.45) is 0 Å². The third-order valence-corrected chi connectivity index (χ3v) is 9.22. The van der Waals surface area contributed by atoms with Gasteiger partial charge in [0.25, 0.3) is 5.91 Å². The van der Waals surface area contributed by atoms with Gasteiger partial charge in [0.05, 0.1) is 23.1 Å².